The molecule has 0 unspecified atom stereocenters. The van der Waals surface area contributed by atoms with Crippen molar-refractivity contribution < 1.29 is 4.74 Å². The maximum absolute atomic E-state index is 5.41. The van der Waals surface area contributed by atoms with Crippen LogP contribution in [0.15, 0.2) is 11.6 Å². The molecular formula is C12H21NO. The second-order valence-corrected chi connectivity index (χ2v) is 4.31. The first-order chi connectivity index (χ1) is 6.97. The third kappa shape index (κ3) is 2.82. The highest BCUT2D eigenvalue weighted by molar-refractivity contribution is 5.08. The van der Waals surface area contributed by atoms with Crippen molar-refractivity contribution in [2.75, 3.05) is 26.3 Å². The van der Waals surface area contributed by atoms with Crippen LogP contribution in [-0.2, 0) is 4.74 Å². The molecule has 0 aliphatic carbocycles. The predicted octanol–water partition coefficient (Wildman–Crippen LogP) is 2.11. The summed E-state index contributed by atoms with van der Waals surface area (Å²) in [5.74, 6) is 0.835. The van der Waals surface area contributed by atoms with Crippen molar-refractivity contribution in [3.8, 4) is 0 Å². The number of ether oxygens (including phenoxy) is 1. The average Bonchev–Trinajstić information content (AvgIpc) is 2.18. The van der Waals surface area contributed by atoms with E-state index in [1.807, 2.05) is 0 Å². The molecule has 14 heavy (non-hydrogen) atoms. The van der Waals surface area contributed by atoms with Gasteiger partial charge in [0.15, 0.2) is 0 Å². The van der Waals surface area contributed by atoms with Gasteiger partial charge in [-0.1, -0.05) is 11.6 Å². The quantitative estimate of drug-likeness (QED) is 0.647. The van der Waals surface area contributed by atoms with Crippen LogP contribution in [0.5, 0.6) is 0 Å². The Hall–Kier alpha value is -0.340. The summed E-state index contributed by atoms with van der Waals surface area (Å²) in [6.45, 7) is 4.30. The van der Waals surface area contributed by atoms with Crippen LogP contribution in [-0.4, -0.2) is 26.3 Å². The van der Waals surface area contributed by atoms with E-state index in [9.17, 15) is 0 Å². The van der Waals surface area contributed by atoms with Crippen molar-refractivity contribution in [2.45, 2.75) is 32.1 Å². The van der Waals surface area contributed by atoms with Crippen LogP contribution in [0.4, 0.5) is 0 Å². The van der Waals surface area contributed by atoms with Crippen LogP contribution in [0.25, 0.3) is 0 Å². The number of allylic oxidation sites excluding steroid dienone is 1. The molecule has 0 spiro atoms. The van der Waals surface area contributed by atoms with Crippen molar-refractivity contribution in [3.63, 3.8) is 0 Å². The Kier molecular flexibility index (Phi) is 4.02. The lowest BCUT2D eigenvalue weighted by Crippen LogP contribution is -2.22. The molecule has 2 heterocycles. The number of rotatable bonds is 1. The summed E-state index contributed by atoms with van der Waals surface area (Å²) in [5, 5.41) is 3.44. The molecule has 0 saturated carbocycles. The summed E-state index contributed by atoms with van der Waals surface area (Å²) in [5.41, 5.74) is 1.72. The van der Waals surface area contributed by atoms with Gasteiger partial charge in [-0.2, -0.15) is 0 Å². The lowest BCUT2D eigenvalue weighted by atomic mass is 9.87. The van der Waals surface area contributed by atoms with Gasteiger partial charge in [0.2, 0.25) is 0 Å². The lowest BCUT2D eigenvalue weighted by Gasteiger charge is -2.26. The second-order valence-electron chi connectivity index (χ2n) is 4.31. The SMILES string of the molecule is C1=C(\C2CCOCC2)CCCNCC/1. The first-order valence-electron chi connectivity index (χ1n) is 5.94. The molecule has 0 bridgehead atoms. The largest absolute Gasteiger partial charge is 0.381 e. The normalized spacial score (nSPS) is 30.1. The monoisotopic (exact) mass is 195 g/mol. The Balaban J connectivity index is 1.91. The van der Waals surface area contributed by atoms with E-state index in [-0.39, 0.29) is 0 Å². The molecule has 0 radical (unpaired) electrons. The molecule has 80 valence electrons. The Morgan fingerprint density at radius 1 is 1.21 bits per heavy atom. The van der Waals surface area contributed by atoms with E-state index >= 15 is 0 Å². The van der Waals surface area contributed by atoms with E-state index in [1.165, 1.54) is 38.6 Å². The van der Waals surface area contributed by atoms with Crippen molar-refractivity contribution in [3.05, 3.63) is 11.6 Å². The maximum Gasteiger partial charge on any atom is 0.0471 e. The smallest absolute Gasteiger partial charge is 0.0471 e. The average molecular weight is 195 g/mol. The van der Waals surface area contributed by atoms with Gasteiger partial charge in [-0.05, 0) is 51.1 Å². The fraction of sp³-hybridized carbons (Fsp3) is 0.833. The van der Waals surface area contributed by atoms with Gasteiger partial charge in [-0.25, -0.2) is 0 Å². The van der Waals surface area contributed by atoms with Crippen LogP contribution in [0, 0.1) is 5.92 Å². The van der Waals surface area contributed by atoms with Crippen molar-refractivity contribution >= 4 is 0 Å². The molecule has 2 rings (SSSR count). The zero-order chi connectivity index (χ0) is 9.64. The molecule has 0 aromatic rings. The van der Waals surface area contributed by atoms with Crippen molar-refractivity contribution in [2.24, 2.45) is 5.92 Å². The summed E-state index contributed by atoms with van der Waals surface area (Å²) < 4.78 is 5.41. The fourth-order valence-corrected chi connectivity index (χ4v) is 2.44. The van der Waals surface area contributed by atoms with Gasteiger partial charge in [-0.3, -0.25) is 0 Å². The van der Waals surface area contributed by atoms with Crippen LogP contribution < -0.4 is 5.32 Å². The molecule has 2 aliphatic heterocycles. The van der Waals surface area contributed by atoms with Gasteiger partial charge < -0.3 is 10.1 Å². The van der Waals surface area contributed by atoms with Gasteiger partial charge in [0.1, 0.15) is 0 Å². The summed E-state index contributed by atoms with van der Waals surface area (Å²) in [7, 11) is 0. The second kappa shape index (κ2) is 5.52. The van der Waals surface area contributed by atoms with Gasteiger partial charge in [0.25, 0.3) is 0 Å². The maximum atomic E-state index is 5.41. The predicted molar refractivity (Wildman–Crippen MR) is 58.3 cm³/mol. The Labute approximate surface area is 86.7 Å². The summed E-state index contributed by atoms with van der Waals surface area (Å²) in [4.78, 5) is 0. The molecular weight excluding hydrogens is 174 g/mol. The van der Waals surface area contributed by atoms with E-state index in [0.717, 1.165) is 25.7 Å². The summed E-state index contributed by atoms with van der Waals surface area (Å²) >= 11 is 0. The van der Waals surface area contributed by atoms with E-state index in [2.05, 4.69) is 11.4 Å². The first-order valence-corrected chi connectivity index (χ1v) is 5.94. The van der Waals surface area contributed by atoms with Crippen molar-refractivity contribution in [1.82, 2.24) is 5.32 Å². The molecule has 0 amide bonds. The van der Waals surface area contributed by atoms with E-state index in [1.54, 1.807) is 5.57 Å². The molecule has 2 heteroatoms. The topological polar surface area (TPSA) is 21.3 Å². The third-order valence-electron chi connectivity index (χ3n) is 3.29. The molecule has 1 N–H and O–H groups in total. The van der Waals surface area contributed by atoms with Crippen LogP contribution in [0.2, 0.25) is 0 Å². The Morgan fingerprint density at radius 3 is 2.93 bits per heavy atom. The lowest BCUT2D eigenvalue weighted by molar-refractivity contribution is 0.0747. The molecule has 2 nitrogen and oxygen atoms in total. The molecule has 0 atom stereocenters. The fourth-order valence-electron chi connectivity index (χ4n) is 2.44. The first kappa shape index (κ1) is 10.2. The van der Waals surface area contributed by atoms with Gasteiger partial charge in [0.05, 0.1) is 0 Å². The minimum Gasteiger partial charge on any atom is -0.381 e. The molecule has 0 aromatic heterocycles. The zero-order valence-electron chi connectivity index (χ0n) is 8.93. The number of hydrogen-bond donors (Lipinski definition) is 1. The highest BCUT2D eigenvalue weighted by Crippen LogP contribution is 2.27. The van der Waals surface area contributed by atoms with Gasteiger partial charge in [0, 0.05) is 13.2 Å². The van der Waals surface area contributed by atoms with Gasteiger partial charge in [-0.15, -0.1) is 0 Å². The van der Waals surface area contributed by atoms with Gasteiger partial charge >= 0.3 is 0 Å². The standard InChI is InChI=1S/C12H21NO/c1-3-11(4-2-8-13-7-1)12-5-9-14-10-6-12/h3,12-13H,1-2,4-10H2/b11-3-. The minimum atomic E-state index is 0.835. The third-order valence-corrected chi connectivity index (χ3v) is 3.29. The van der Waals surface area contributed by atoms with Crippen LogP contribution >= 0.6 is 0 Å². The Bertz CT molecular complexity index is 194. The van der Waals surface area contributed by atoms with E-state index < -0.39 is 0 Å². The van der Waals surface area contributed by atoms with Crippen LogP contribution in [0.3, 0.4) is 0 Å². The van der Waals surface area contributed by atoms with E-state index in [4.69, 9.17) is 4.74 Å². The Morgan fingerprint density at radius 2 is 2.07 bits per heavy atom. The van der Waals surface area contributed by atoms with Crippen molar-refractivity contribution in [1.29, 1.82) is 0 Å². The molecule has 0 aromatic carbocycles. The molecule has 1 fully saturated rings. The minimum absolute atomic E-state index is 0.835. The van der Waals surface area contributed by atoms with E-state index in [0.29, 0.717) is 0 Å². The molecule has 2 aliphatic rings. The highest BCUT2D eigenvalue weighted by atomic mass is 16.5. The number of nitrogens with one attached hydrogen (secondary N) is 1. The number of hydrogen-bond acceptors (Lipinski definition) is 2. The molecule has 1 saturated heterocycles. The highest BCUT2D eigenvalue weighted by Gasteiger charge is 2.17. The van der Waals surface area contributed by atoms with Crippen LogP contribution in [0.1, 0.15) is 32.1 Å². The zero-order valence-corrected chi connectivity index (χ0v) is 8.93. The summed E-state index contributed by atoms with van der Waals surface area (Å²) in [6.07, 6.45) is 8.80. The summed E-state index contributed by atoms with van der Waals surface area (Å²) in [6, 6.07) is 0.